The van der Waals surface area contributed by atoms with E-state index in [4.69, 9.17) is 4.74 Å². The van der Waals surface area contributed by atoms with Crippen molar-refractivity contribution in [3.05, 3.63) is 35.9 Å². The molecule has 1 aromatic carbocycles. The third kappa shape index (κ3) is 2.22. The summed E-state index contributed by atoms with van der Waals surface area (Å²) < 4.78 is 6.32. The van der Waals surface area contributed by atoms with Crippen LogP contribution in [0.2, 0.25) is 0 Å². The van der Waals surface area contributed by atoms with Crippen LogP contribution in [0.4, 0.5) is 0 Å². The lowest BCUT2D eigenvalue weighted by molar-refractivity contribution is -0.280. The molecule has 2 aliphatic heterocycles. The van der Waals surface area contributed by atoms with E-state index in [1.54, 1.807) is 0 Å². The maximum atomic E-state index is 9.34. The zero-order chi connectivity index (χ0) is 14.1. The second-order valence-corrected chi connectivity index (χ2v) is 5.69. The summed E-state index contributed by atoms with van der Waals surface area (Å²) >= 11 is 0. The van der Waals surface area contributed by atoms with E-state index in [1.165, 1.54) is 5.56 Å². The molecule has 0 saturated carbocycles. The number of benzene rings is 1. The SMILES string of the molecule is C[C@H]1[C@@H](c2ccccc2)O[C@H]2CCC[C@H](C#N)N2N1C. The molecule has 2 aliphatic rings. The van der Waals surface area contributed by atoms with Gasteiger partial charge >= 0.3 is 0 Å². The zero-order valence-corrected chi connectivity index (χ0v) is 12.1. The predicted octanol–water partition coefficient (Wildman–Crippen LogP) is 2.70. The number of hydrazine groups is 1. The summed E-state index contributed by atoms with van der Waals surface area (Å²) in [5, 5.41) is 13.7. The molecule has 0 N–H and O–H groups in total. The highest BCUT2D eigenvalue weighted by atomic mass is 16.5. The van der Waals surface area contributed by atoms with Gasteiger partial charge in [-0.05, 0) is 31.7 Å². The van der Waals surface area contributed by atoms with E-state index >= 15 is 0 Å². The molecule has 20 heavy (non-hydrogen) atoms. The predicted molar refractivity (Wildman–Crippen MR) is 76.4 cm³/mol. The van der Waals surface area contributed by atoms with Crippen molar-refractivity contribution in [2.24, 2.45) is 0 Å². The monoisotopic (exact) mass is 271 g/mol. The lowest BCUT2D eigenvalue weighted by Crippen LogP contribution is -2.63. The Hall–Kier alpha value is -1.41. The lowest BCUT2D eigenvalue weighted by Gasteiger charge is -2.53. The Bertz CT molecular complexity index is 496. The minimum Gasteiger partial charge on any atom is -0.352 e. The lowest BCUT2D eigenvalue weighted by atomic mass is 9.98. The van der Waals surface area contributed by atoms with Crippen LogP contribution in [-0.2, 0) is 4.74 Å². The summed E-state index contributed by atoms with van der Waals surface area (Å²) in [6, 6.07) is 13.0. The van der Waals surface area contributed by atoms with Gasteiger partial charge < -0.3 is 4.74 Å². The van der Waals surface area contributed by atoms with Gasteiger partial charge in [0.2, 0.25) is 0 Å². The van der Waals surface area contributed by atoms with Crippen LogP contribution in [-0.4, -0.2) is 35.4 Å². The number of hydrogen-bond donors (Lipinski definition) is 0. The number of ether oxygens (including phenoxy) is 1. The topological polar surface area (TPSA) is 39.5 Å². The van der Waals surface area contributed by atoms with Gasteiger partial charge in [0.1, 0.15) is 18.4 Å². The standard InChI is InChI=1S/C16H21N3O/c1-12-16(13-7-4-3-5-8-13)20-15-10-6-9-14(11-17)19(15)18(12)2/h3-5,7-8,12,14-16H,6,9-10H2,1-2H3/t12-,14+,15-,16-/m0/s1. The summed E-state index contributed by atoms with van der Waals surface area (Å²) in [7, 11) is 2.08. The maximum absolute atomic E-state index is 9.34. The quantitative estimate of drug-likeness (QED) is 0.787. The summed E-state index contributed by atoms with van der Waals surface area (Å²) in [4.78, 5) is 0. The van der Waals surface area contributed by atoms with Crippen molar-refractivity contribution in [2.45, 2.75) is 50.6 Å². The number of nitriles is 1. The van der Waals surface area contributed by atoms with Crippen LogP contribution in [0.25, 0.3) is 0 Å². The van der Waals surface area contributed by atoms with Crippen molar-refractivity contribution in [2.75, 3.05) is 7.05 Å². The molecule has 2 heterocycles. The first-order valence-electron chi connectivity index (χ1n) is 7.33. The number of hydrogen-bond acceptors (Lipinski definition) is 4. The highest BCUT2D eigenvalue weighted by Crippen LogP contribution is 2.37. The minimum atomic E-state index is -0.0575. The van der Waals surface area contributed by atoms with Gasteiger partial charge in [-0.25, -0.2) is 5.01 Å². The van der Waals surface area contributed by atoms with E-state index in [1.807, 2.05) is 6.07 Å². The summed E-state index contributed by atoms with van der Waals surface area (Å²) in [5.74, 6) is 0. The second kappa shape index (κ2) is 5.53. The first kappa shape index (κ1) is 13.6. The molecule has 0 amide bonds. The third-order valence-electron chi connectivity index (χ3n) is 4.52. The molecule has 0 aliphatic carbocycles. The molecule has 0 spiro atoms. The molecular weight excluding hydrogens is 250 g/mol. The smallest absolute Gasteiger partial charge is 0.125 e. The fourth-order valence-electron chi connectivity index (χ4n) is 3.32. The Morgan fingerprint density at radius 3 is 2.70 bits per heavy atom. The van der Waals surface area contributed by atoms with Crippen molar-refractivity contribution >= 4 is 0 Å². The fraction of sp³-hybridized carbons (Fsp3) is 0.562. The molecule has 106 valence electrons. The van der Waals surface area contributed by atoms with Crippen LogP contribution in [0.3, 0.4) is 0 Å². The van der Waals surface area contributed by atoms with Crippen molar-refractivity contribution in [1.82, 2.24) is 10.0 Å². The molecule has 2 saturated heterocycles. The summed E-state index contributed by atoms with van der Waals surface area (Å²) in [6.45, 7) is 2.16. The van der Waals surface area contributed by atoms with Gasteiger partial charge in [-0.2, -0.15) is 10.3 Å². The highest BCUT2D eigenvalue weighted by molar-refractivity contribution is 5.19. The number of likely N-dealkylation sites (N-methyl/N-ethyl adjacent to an activating group) is 1. The van der Waals surface area contributed by atoms with Crippen LogP contribution in [0, 0.1) is 11.3 Å². The van der Waals surface area contributed by atoms with Gasteiger partial charge in [0.25, 0.3) is 0 Å². The van der Waals surface area contributed by atoms with Crippen LogP contribution >= 0.6 is 0 Å². The van der Waals surface area contributed by atoms with Crippen LogP contribution in [0.5, 0.6) is 0 Å². The van der Waals surface area contributed by atoms with Crippen LogP contribution in [0.15, 0.2) is 30.3 Å². The van der Waals surface area contributed by atoms with E-state index in [-0.39, 0.29) is 24.4 Å². The molecule has 0 bridgehead atoms. The van der Waals surface area contributed by atoms with Gasteiger partial charge in [0.05, 0.1) is 12.1 Å². The molecule has 3 rings (SSSR count). The third-order valence-corrected chi connectivity index (χ3v) is 4.52. The Morgan fingerprint density at radius 2 is 2.00 bits per heavy atom. The first-order valence-corrected chi connectivity index (χ1v) is 7.33. The Balaban J connectivity index is 1.87. The van der Waals surface area contributed by atoms with E-state index in [0.29, 0.717) is 0 Å². The van der Waals surface area contributed by atoms with Crippen LogP contribution in [0.1, 0.15) is 37.9 Å². The molecule has 1 aromatic rings. The fourth-order valence-corrected chi connectivity index (χ4v) is 3.32. The molecule has 0 unspecified atom stereocenters. The van der Waals surface area contributed by atoms with Gasteiger partial charge in [0.15, 0.2) is 0 Å². The Morgan fingerprint density at radius 1 is 1.25 bits per heavy atom. The van der Waals surface area contributed by atoms with E-state index in [9.17, 15) is 5.26 Å². The van der Waals surface area contributed by atoms with E-state index in [2.05, 4.69) is 54.3 Å². The Labute approximate surface area is 120 Å². The van der Waals surface area contributed by atoms with Gasteiger partial charge in [-0.3, -0.25) is 0 Å². The van der Waals surface area contributed by atoms with Crippen molar-refractivity contribution in [3.63, 3.8) is 0 Å². The van der Waals surface area contributed by atoms with Gasteiger partial charge in [-0.1, -0.05) is 30.3 Å². The number of nitrogens with zero attached hydrogens (tertiary/aromatic N) is 3. The first-order chi connectivity index (χ1) is 9.72. The summed E-state index contributed by atoms with van der Waals surface area (Å²) in [5.41, 5.74) is 1.21. The number of piperidine rings is 1. The number of rotatable bonds is 1. The van der Waals surface area contributed by atoms with Gasteiger partial charge in [-0.15, -0.1) is 0 Å². The van der Waals surface area contributed by atoms with Crippen molar-refractivity contribution in [3.8, 4) is 6.07 Å². The van der Waals surface area contributed by atoms with Crippen molar-refractivity contribution in [1.29, 1.82) is 5.26 Å². The molecule has 0 radical (unpaired) electrons. The molecule has 0 aromatic heterocycles. The summed E-state index contributed by atoms with van der Waals surface area (Å²) in [6.07, 6.45) is 3.09. The molecule has 2 fully saturated rings. The molecule has 4 nitrogen and oxygen atoms in total. The average Bonchev–Trinajstić information content (AvgIpc) is 2.51. The normalized spacial score (nSPS) is 35.2. The highest BCUT2D eigenvalue weighted by Gasteiger charge is 2.43. The maximum Gasteiger partial charge on any atom is 0.125 e. The largest absolute Gasteiger partial charge is 0.352 e. The zero-order valence-electron chi connectivity index (χ0n) is 12.1. The molecule has 4 atom stereocenters. The van der Waals surface area contributed by atoms with E-state index in [0.717, 1.165) is 19.3 Å². The average molecular weight is 271 g/mol. The van der Waals surface area contributed by atoms with E-state index < -0.39 is 0 Å². The molecular formula is C16H21N3O. The molecule has 4 heteroatoms. The second-order valence-electron chi connectivity index (χ2n) is 5.69. The van der Waals surface area contributed by atoms with Crippen LogP contribution < -0.4 is 0 Å². The number of fused-ring (bicyclic) bond motifs is 1. The minimum absolute atomic E-state index is 0.0276. The van der Waals surface area contributed by atoms with Gasteiger partial charge in [0, 0.05) is 7.05 Å². The Kier molecular flexibility index (Phi) is 3.75. The van der Waals surface area contributed by atoms with Crippen molar-refractivity contribution < 1.29 is 4.74 Å².